The Morgan fingerprint density at radius 1 is 2.00 bits per heavy atom. The monoisotopic (exact) mass is 113 g/mol. The Hall–Kier alpha value is -0.540. The zero-order valence-electron chi connectivity index (χ0n) is 5.02. The molecular weight excluding hydrogens is 102 g/mol. The van der Waals surface area contributed by atoms with Gasteiger partial charge in [-0.15, -0.1) is 0 Å². The van der Waals surface area contributed by atoms with Gasteiger partial charge in [-0.3, -0.25) is 0 Å². The van der Waals surface area contributed by atoms with Gasteiger partial charge in [-0.25, -0.2) is 5.01 Å². The molecule has 8 heavy (non-hydrogen) atoms. The van der Waals surface area contributed by atoms with E-state index in [4.69, 9.17) is 5.73 Å². The molecule has 1 aliphatic heterocycles. The summed E-state index contributed by atoms with van der Waals surface area (Å²) in [6, 6.07) is 0.111. The fourth-order valence-electron chi connectivity index (χ4n) is 0.779. The van der Waals surface area contributed by atoms with Crippen molar-refractivity contribution in [1.82, 2.24) is 10.4 Å². The molecule has 0 spiro atoms. The van der Waals surface area contributed by atoms with E-state index in [1.165, 1.54) is 0 Å². The molecule has 1 atom stereocenters. The highest BCUT2D eigenvalue weighted by Crippen LogP contribution is 2.01. The van der Waals surface area contributed by atoms with Gasteiger partial charge in [0, 0.05) is 19.3 Å². The number of nitrogens with two attached hydrogens (primary N) is 1. The topological polar surface area (TPSA) is 41.3 Å². The summed E-state index contributed by atoms with van der Waals surface area (Å²) in [6.07, 6.45) is 0. The molecule has 1 saturated heterocycles. The molecule has 1 rings (SSSR count). The molecule has 3 nitrogen and oxygen atoms in total. The van der Waals surface area contributed by atoms with Crippen molar-refractivity contribution >= 4 is 0 Å². The molecule has 0 radical (unpaired) electrons. The normalized spacial score (nSPS) is 30.8. The van der Waals surface area contributed by atoms with Crippen molar-refractivity contribution in [3.63, 3.8) is 0 Å². The number of rotatable bonds is 0. The Morgan fingerprint density at radius 2 is 2.62 bits per heavy atom. The predicted octanol–water partition coefficient (Wildman–Crippen LogP) is -0.723. The van der Waals surface area contributed by atoms with Crippen molar-refractivity contribution in [2.24, 2.45) is 5.73 Å². The van der Waals surface area contributed by atoms with Gasteiger partial charge in [0.2, 0.25) is 0 Å². The third kappa shape index (κ3) is 0.827. The molecule has 1 fully saturated rings. The summed E-state index contributed by atoms with van der Waals surface area (Å²) in [4.78, 5) is 0. The highest BCUT2D eigenvalue weighted by molar-refractivity contribution is 5.06. The first-order chi connectivity index (χ1) is 3.70. The highest BCUT2D eigenvalue weighted by atomic mass is 15.5. The van der Waals surface area contributed by atoms with Gasteiger partial charge in [0.15, 0.2) is 0 Å². The van der Waals surface area contributed by atoms with Crippen LogP contribution in [0.5, 0.6) is 0 Å². The zero-order valence-corrected chi connectivity index (χ0v) is 5.02. The van der Waals surface area contributed by atoms with Gasteiger partial charge in [0.05, 0.1) is 6.04 Å². The average Bonchev–Trinajstić information content (AvgIpc) is 1.85. The van der Waals surface area contributed by atoms with Gasteiger partial charge in [-0.05, 0) is 0 Å². The van der Waals surface area contributed by atoms with Gasteiger partial charge < -0.3 is 11.2 Å². The maximum absolute atomic E-state index is 5.56. The quantitative estimate of drug-likeness (QED) is 0.435. The van der Waals surface area contributed by atoms with E-state index in [9.17, 15) is 0 Å². The smallest absolute Gasteiger partial charge is 0.0599 e. The molecule has 0 aromatic rings. The highest BCUT2D eigenvalue weighted by Gasteiger charge is 2.17. The third-order valence-electron chi connectivity index (χ3n) is 1.25. The minimum absolute atomic E-state index is 0.111. The lowest BCUT2D eigenvalue weighted by Gasteiger charge is -2.04. The number of hydrogen-bond donors (Lipinski definition) is 2. The van der Waals surface area contributed by atoms with Gasteiger partial charge in [-0.1, -0.05) is 6.58 Å². The van der Waals surface area contributed by atoms with Crippen molar-refractivity contribution in [2.45, 2.75) is 6.04 Å². The summed E-state index contributed by atoms with van der Waals surface area (Å²) in [7, 11) is 1.94. The minimum Gasteiger partial charge on any atom is -0.322 e. The fraction of sp³-hybridized carbons (Fsp3) is 0.600. The van der Waals surface area contributed by atoms with Crippen LogP contribution in [0.15, 0.2) is 12.3 Å². The van der Waals surface area contributed by atoms with E-state index in [-0.39, 0.29) is 6.04 Å². The largest absolute Gasteiger partial charge is 0.322 e. The second-order valence-corrected chi connectivity index (χ2v) is 2.12. The second kappa shape index (κ2) is 1.76. The van der Waals surface area contributed by atoms with Crippen LogP contribution >= 0.6 is 0 Å². The summed E-state index contributed by atoms with van der Waals surface area (Å²) in [5.41, 5.74) is 9.46. The fourth-order valence-corrected chi connectivity index (χ4v) is 0.779. The summed E-state index contributed by atoms with van der Waals surface area (Å²) in [5, 5.41) is 1.92. The molecule has 0 amide bonds. The zero-order chi connectivity index (χ0) is 6.15. The number of nitrogens with one attached hydrogen (secondary N) is 1. The molecule has 1 unspecified atom stereocenters. The summed E-state index contributed by atoms with van der Waals surface area (Å²) >= 11 is 0. The maximum atomic E-state index is 5.56. The van der Waals surface area contributed by atoms with E-state index in [0.29, 0.717) is 0 Å². The first-order valence-corrected chi connectivity index (χ1v) is 2.62. The van der Waals surface area contributed by atoms with Crippen LogP contribution in [-0.2, 0) is 0 Å². The van der Waals surface area contributed by atoms with Crippen LogP contribution in [0.2, 0.25) is 0 Å². The average molecular weight is 113 g/mol. The first-order valence-electron chi connectivity index (χ1n) is 2.62. The Bertz CT molecular complexity index is 110. The van der Waals surface area contributed by atoms with Gasteiger partial charge in [0.1, 0.15) is 0 Å². The van der Waals surface area contributed by atoms with E-state index in [1.54, 1.807) is 0 Å². The Morgan fingerprint density at radius 3 is 2.75 bits per heavy atom. The molecule has 0 bridgehead atoms. The molecule has 0 aromatic heterocycles. The molecular formula is C5H11N3. The molecule has 1 aliphatic rings. The lowest BCUT2D eigenvalue weighted by atomic mass is 10.3. The summed E-state index contributed by atoms with van der Waals surface area (Å²) < 4.78 is 0. The van der Waals surface area contributed by atoms with Crippen molar-refractivity contribution in [3.05, 3.63) is 12.3 Å². The number of hydrogen-bond acceptors (Lipinski definition) is 3. The number of likely N-dealkylation sites (N-methyl/N-ethyl adjacent to an activating group) is 1. The van der Waals surface area contributed by atoms with E-state index in [1.807, 2.05) is 12.1 Å². The molecule has 46 valence electrons. The Kier molecular flexibility index (Phi) is 1.23. The standard InChI is InChI=1S/C5H11N3/c1-4-5(6)3-8(2)7-4/h5,7H,1,3,6H2,2H3. The van der Waals surface area contributed by atoms with Crippen molar-refractivity contribution in [3.8, 4) is 0 Å². The Labute approximate surface area is 49.1 Å². The maximum Gasteiger partial charge on any atom is 0.0599 e. The van der Waals surface area contributed by atoms with Gasteiger partial charge >= 0.3 is 0 Å². The van der Waals surface area contributed by atoms with Gasteiger partial charge in [-0.2, -0.15) is 0 Å². The minimum atomic E-state index is 0.111. The van der Waals surface area contributed by atoms with Crippen LogP contribution in [0, 0.1) is 0 Å². The molecule has 0 saturated carbocycles. The van der Waals surface area contributed by atoms with E-state index >= 15 is 0 Å². The summed E-state index contributed by atoms with van der Waals surface area (Å²) in [6.45, 7) is 4.57. The molecule has 0 aromatic carbocycles. The van der Waals surface area contributed by atoms with E-state index in [0.717, 1.165) is 12.2 Å². The third-order valence-corrected chi connectivity index (χ3v) is 1.25. The van der Waals surface area contributed by atoms with Crippen LogP contribution in [0.1, 0.15) is 0 Å². The second-order valence-electron chi connectivity index (χ2n) is 2.12. The van der Waals surface area contributed by atoms with E-state index in [2.05, 4.69) is 12.0 Å². The van der Waals surface area contributed by atoms with E-state index < -0.39 is 0 Å². The van der Waals surface area contributed by atoms with Crippen LogP contribution in [0.4, 0.5) is 0 Å². The van der Waals surface area contributed by atoms with Crippen molar-refractivity contribution in [1.29, 1.82) is 0 Å². The van der Waals surface area contributed by atoms with Crippen molar-refractivity contribution < 1.29 is 0 Å². The van der Waals surface area contributed by atoms with Crippen molar-refractivity contribution in [2.75, 3.05) is 13.6 Å². The number of nitrogens with zero attached hydrogens (tertiary/aromatic N) is 1. The summed E-state index contributed by atoms with van der Waals surface area (Å²) in [5.74, 6) is 0. The molecule has 3 heteroatoms. The van der Waals surface area contributed by atoms with Crippen LogP contribution in [0.3, 0.4) is 0 Å². The number of hydrazine groups is 1. The van der Waals surface area contributed by atoms with Crippen LogP contribution in [0.25, 0.3) is 0 Å². The first kappa shape index (κ1) is 5.59. The molecule has 3 N–H and O–H groups in total. The predicted molar refractivity (Wildman–Crippen MR) is 32.9 cm³/mol. The Balaban J connectivity index is 2.51. The molecule has 1 heterocycles. The molecule has 0 aliphatic carbocycles. The van der Waals surface area contributed by atoms with Crippen LogP contribution in [-0.4, -0.2) is 24.6 Å². The lowest BCUT2D eigenvalue weighted by molar-refractivity contribution is 0.324. The lowest BCUT2D eigenvalue weighted by Crippen LogP contribution is -2.25. The van der Waals surface area contributed by atoms with Crippen LogP contribution < -0.4 is 11.2 Å². The van der Waals surface area contributed by atoms with Gasteiger partial charge in [0.25, 0.3) is 0 Å². The SMILES string of the molecule is C=C1NN(C)CC1N.